The van der Waals surface area contributed by atoms with Gasteiger partial charge in [0.25, 0.3) is 0 Å². The molecule has 0 aliphatic rings. The molecule has 0 bridgehead atoms. The molecule has 1 unspecified atom stereocenters. The number of carbonyl (C=O) groups excluding carboxylic acids is 2. The standard InChI is InChI=1S/C19H29NO5/c1-7-23-15-10-8-14(9-11-15)12-16(17(21)24-13(2)3)20-18(22)25-19(4,5)6/h8-11,13,16H,7,12H2,1-6H3,(H,20,22). The lowest BCUT2D eigenvalue weighted by Crippen LogP contribution is -2.46. The van der Waals surface area contributed by atoms with Crippen molar-refractivity contribution in [1.82, 2.24) is 5.32 Å². The van der Waals surface area contributed by atoms with Crippen LogP contribution >= 0.6 is 0 Å². The van der Waals surface area contributed by atoms with Crippen molar-refractivity contribution in [2.75, 3.05) is 6.61 Å². The Bertz CT molecular complexity index is 560. The molecule has 6 heteroatoms. The van der Waals surface area contributed by atoms with Gasteiger partial charge in [0.2, 0.25) is 0 Å². The zero-order valence-electron chi connectivity index (χ0n) is 15.9. The van der Waals surface area contributed by atoms with E-state index >= 15 is 0 Å². The van der Waals surface area contributed by atoms with Crippen molar-refractivity contribution in [3.8, 4) is 5.75 Å². The van der Waals surface area contributed by atoms with E-state index in [9.17, 15) is 9.59 Å². The molecule has 0 aromatic heterocycles. The summed E-state index contributed by atoms with van der Waals surface area (Å²) in [6.07, 6.45) is -0.614. The molecule has 0 aliphatic carbocycles. The summed E-state index contributed by atoms with van der Waals surface area (Å²) in [5.41, 5.74) is 0.237. The maximum atomic E-state index is 12.3. The minimum Gasteiger partial charge on any atom is -0.494 e. The van der Waals surface area contributed by atoms with Crippen molar-refractivity contribution in [3.63, 3.8) is 0 Å². The van der Waals surface area contributed by atoms with E-state index in [0.29, 0.717) is 13.0 Å². The number of benzene rings is 1. The van der Waals surface area contributed by atoms with Crippen LogP contribution in [0.3, 0.4) is 0 Å². The second-order valence-corrected chi connectivity index (χ2v) is 6.97. The number of esters is 1. The summed E-state index contributed by atoms with van der Waals surface area (Å²) in [5, 5.41) is 2.60. The summed E-state index contributed by atoms with van der Waals surface area (Å²) in [5.74, 6) is 0.266. The number of carbonyl (C=O) groups is 2. The quantitative estimate of drug-likeness (QED) is 0.762. The third kappa shape index (κ3) is 8.42. The lowest BCUT2D eigenvalue weighted by atomic mass is 10.1. The van der Waals surface area contributed by atoms with Gasteiger partial charge in [-0.2, -0.15) is 0 Å². The summed E-state index contributed by atoms with van der Waals surface area (Å²) in [4.78, 5) is 24.3. The van der Waals surface area contributed by atoms with E-state index < -0.39 is 23.7 Å². The monoisotopic (exact) mass is 351 g/mol. The lowest BCUT2D eigenvalue weighted by molar-refractivity contribution is -0.149. The Morgan fingerprint density at radius 1 is 1.12 bits per heavy atom. The fraction of sp³-hybridized carbons (Fsp3) is 0.579. The fourth-order valence-electron chi connectivity index (χ4n) is 2.08. The van der Waals surface area contributed by atoms with Crippen LogP contribution in [0.2, 0.25) is 0 Å². The molecule has 25 heavy (non-hydrogen) atoms. The summed E-state index contributed by atoms with van der Waals surface area (Å²) < 4.78 is 15.9. The molecule has 0 radical (unpaired) electrons. The number of ether oxygens (including phenoxy) is 3. The largest absolute Gasteiger partial charge is 0.494 e. The van der Waals surface area contributed by atoms with Crippen LogP contribution in [0.25, 0.3) is 0 Å². The van der Waals surface area contributed by atoms with Gasteiger partial charge in [-0.3, -0.25) is 0 Å². The summed E-state index contributed by atoms with van der Waals surface area (Å²) in [7, 11) is 0. The average Bonchev–Trinajstić information content (AvgIpc) is 2.46. The van der Waals surface area contributed by atoms with E-state index in [-0.39, 0.29) is 6.10 Å². The number of nitrogens with one attached hydrogen (secondary N) is 1. The Hall–Kier alpha value is -2.24. The molecule has 0 saturated carbocycles. The van der Waals surface area contributed by atoms with Crippen molar-refractivity contribution in [2.45, 2.75) is 65.7 Å². The van der Waals surface area contributed by atoms with Gasteiger partial charge in [-0.25, -0.2) is 9.59 Å². The lowest BCUT2D eigenvalue weighted by Gasteiger charge is -2.23. The topological polar surface area (TPSA) is 73.9 Å². The predicted molar refractivity (Wildman–Crippen MR) is 95.7 cm³/mol. The van der Waals surface area contributed by atoms with Crippen LogP contribution in [-0.4, -0.2) is 36.4 Å². The second kappa shape index (κ2) is 9.30. The van der Waals surface area contributed by atoms with E-state index in [1.54, 1.807) is 34.6 Å². The zero-order valence-corrected chi connectivity index (χ0v) is 15.9. The van der Waals surface area contributed by atoms with Crippen LogP contribution in [-0.2, 0) is 20.7 Å². The molecule has 1 N–H and O–H groups in total. The molecule has 6 nitrogen and oxygen atoms in total. The molecule has 140 valence electrons. The normalized spacial score (nSPS) is 12.4. The molecule has 0 saturated heterocycles. The van der Waals surface area contributed by atoms with Crippen molar-refractivity contribution >= 4 is 12.1 Å². The molecule has 0 heterocycles. The minimum absolute atomic E-state index is 0.268. The highest BCUT2D eigenvalue weighted by atomic mass is 16.6. The van der Waals surface area contributed by atoms with E-state index in [4.69, 9.17) is 14.2 Å². The molecule has 0 aliphatic heterocycles. The molecular formula is C19H29NO5. The Kier molecular flexibility index (Phi) is 7.74. The van der Waals surface area contributed by atoms with E-state index in [1.807, 2.05) is 31.2 Å². The average molecular weight is 351 g/mol. The molecule has 0 fully saturated rings. The predicted octanol–water partition coefficient (Wildman–Crippen LogP) is 3.47. The van der Waals surface area contributed by atoms with Crippen LogP contribution in [0.5, 0.6) is 5.75 Å². The van der Waals surface area contributed by atoms with Crippen LogP contribution in [0.1, 0.15) is 47.1 Å². The number of rotatable bonds is 7. The first-order valence-electron chi connectivity index (χ1n) is 8.52. The van der Waals surface area contributed by atoms with Crippen LogP contribution in [0.4, 0.5) is 4.79 Å². The first kappa shape index (κ1) is 20.8. The van der Waals surface area contributed by atoms with Gasteiger partial charge in [0, 0.05) is 6.42 Å². The van der Waals surface area contributed by atoms with Gasteiger partial charge in [0.1, 0.15) is 17.4 Å². The zero-order chi connectivity index (χ0) is 19.0. The van der Waals surface area contributed by atoms with Gasteiger partial charge in [-0.05, 0) is 59.2 Å². The molecule has 1 atom stereocenters. The van der Waals surface area contributed by atoms with Crippen molar-refractivity contribution in [1.29, 1.82) is 0 Å². The van der Waals surface area contributed by atoms with Crippen LogP contribution in [0, 0.1) is 0 Å². The number of hydrogen-bond acceptors (Lipinski definition) is 5. The Balaban J connectivity index is 2.83. The van der Waals surface area contributed by atoms with Crippen molar-refractivity contribution in [2.24, 2.45) is 0 Å². The smallest absolute Gasteiger partial charge is 0.408 e. The number of hydrogen-bond donors (Lipinski definition) is 1. The molecule has 1 amide bonds. The fourth-order valence-corrected chi connectivity index (χ4v) is 2.08. The maximum absolute atomic E-state index is 12.3. The maximum Gasteiger partial charge on any atom is 0.408 e. The number of amides is 1. The summed E-state index contributed by atoms with van der Waals surface area (Å²) >= 11 is 0. The molecule has 0 spiro atoms. The highest BCUT2D eigenvalue weighted by Gasteiger charge is 2.26. The Morgan fingerprint density at radius 2 is 1.72 bits per heavy atom. The van der Waals surface area contributed by atoms with Gasteiger partial charge < -0.3 is 19.5 Å². The highest BCUT2D eigenvalue weighted by Crippen LogP contribution is 2.15. The van der Waals surface area contributed by atoms with Crippen LogP contribution in [0.15, 0.2) is 24.3 Å². The first-order valence-corrected chi connectivity index (χ1v) is 8.52. The molecule has 1 aromatic rings. The first-order chi connectivity index (χ1) is 11.6. The van der Waals surface area contributed by atoms with Gasteiger partial charge in [0.05, 0.1) is 12.7 Å². The third-order valence-corrected chi connectivity index (χ3v) is 3.00. The second-order valence-electron chi connectivity index (χ2n) is 6.97. The number of alkyl carbamates (subject to hydrolysis) is 1. The summed E-state index contributed by atoms with van der Waals surface area (Å²) in [6, 6.07) is 6.55. The molecule has 1 aromatic carbocycles. The SMILES string of the molecule is CCOc1ccc(CC(NC(=O)OC(C)(C)C)C(=O)OC(C)C)cc1. The van der Waals surface area contributed by atoms with Crippen molar-refractivity contribution < 1.29 is 23.8 Å². The minimum atomic E-state index is -0.824. The van der Waals surface area contributed by atoms with Gasteiger partial charge >= 0.3 is 12.1 Å². The van der Waals surface area contributed by atoms with E-state index in [1.165, 1.54) is 0 Å². The van der Waals surface area contributed by atoms with Crippen molar-refractivity contribution in [3.05, 3.63) is 29.8 Å². The van der Waals surface area contributed by atoms with Gasteiger partial charge in [-0.1, -0.05) is 12.1 Å². The third-order valence-electron chi connectivity index (χ3n) is 3.00. The Morgan fingerprint density at radius 3 is 2.20 bits per heavy atom. The van der Waals surface area contributed by atoms with Gasteiger partial charge in [-0.15, -0.1) is 0 Å². The van der Waals surface area contributed by atoms with Crippen LogP contribution < -0.4 is 10.1 Å². The highest BCUT2D eigenvalue weighted by molar-refractivity contribution is 5.81. The van der Waals surface area contributed by atoms with E-state index in [0.717, 1.165) is 11.3 Å². The summed E-state index contributed by atoms with van der Waals surface area (Å²) in [6.45, 7) is 11.3. The molecular weight excluding hydrogens is 322 g/mol. The van der Waals surface area contributed by atoms with E-state index in [2.05, 4.69) is 5.32 Å². The van der Waals surface area contributed by atoms with Gasteiger partial charge in [0.15, 0.2) is 0 Å². The molecule has 1 rings (SSSR count). The Labute approximate surface area is 149 Å².